The molecule has 0 amide bonds. The smallest absolute Gasteiger partial charge is 0.311 e. The fraction of sp³-hybridized carbons (Fsp3) is 0.818. The fourth-order valence-electron chi connectivity index (χ4n) is 1.88. The Labute approximate surface area is 89.6 Å². The Balaban J connectivity index is 2.61. The van der Waals surface area contributed by atoms with E-state index in [-0.39, 0.29) is 11.8 Å². The van der Waals surface area contributed by atoms with Crippen LogP contribution in [0.3, 0.4) is 0 Å². The number of carbonyl (C=O) groups excluding carboxylic acids is 2. The van der Waals surface area contributed by atoms with Crippen molar-refractivity contribution in [2.75, 3.05) is 6.61 Å². The number of Topliss-reactive ketones (excluding diaryl/α,β-unsaturated/α-hetero) is 1. The summed E-state index contributed by atoms with van der Waals surface area (Å²) < 4.78 is 4.87. The molecule has 4 heteroatoms. The van der Waals surface area contributed by atoms with E-state index in [9.17, 15) is 14.7 Å². The first-order valence-electron chi connectivity index (χ1n) is 5.40. The second-order valence-electron chi connectivity index (χ2n) is 4.12. The van der Waals surface area contributed by atoms with E-state index in [0.717, 1.165) is 0 Å². The molecule has 86 valence electrons. The average molecular weight is 214 g/mol. The van der Waals surface area contributed by atoms with E-state index >= 15 is 0 Å². The van der Waals surface area contributed by atoms with Gasteiger partial charge in [0.25, 0.3) is 0 Å². The van der Waals surface area contributed by atoms with Crippen LogP contribution in [0.15, 0.2) is 0 Å². The van der Waals surface area contributed by atoms with E-state index in [0.29, 0.717) is 32.3 Å². The van der Waals surface area contributed by atoms with Gasteiger partial charge in [-0.15, -0.1) is 0 Å². The number of aliphatic hydroxyl groups is 1. The van der Waals surface area contributed by atoms with Gasteiger partial charge in [-0.05, 0) is 26.7 Å². The van der Waals surface area contributed by atoms with E-state index < -0.39 is 11.5 Å². The van der Waals surface area contributed by atoms with Gasteiger partial charge in [0.05, 0.1) is 18.1 Å². The predicted molar refractivity (Wildman–Crippen MR) is 54.2 cm³/mol. The van der Waals surface area contributed by atoms with E-state index in [1.165, 1.54) is 0 Å². The van der Waals surface area contributed by atoms with Crippen LogP contribution < -0.4 is 0 Å². The quantitative estimate of drug-likeness (QED) is 0.713. The molecule has 1 rings (SSSR count). The van der Waals surface area contributed by atoms with Crippen LogP contribution in [0.25, 0.3) is 0 Å². The number of ketones is 1. The predicted octanol–water partition coefficient (Wildman–Crippen LogP) is 1.06. The van der Waals surface area contributed by atoms with Crippen molar-refractivity contribution in [3.63, 3.8) is 0 Å². The van der Waals surface area contributed by atoms with Gasteiger partial charge in [-0.2, -0.15) is 0 Å². The number of ether oxygens (including phenoxy) is 1. The Hall–Kier alpha value is -0.900. The Morgan fingerprint density at radius 3 is 2.53 bits per heavy atom. The minimum atomic E-state index is -1.06. The first-order valence-corrected chi connectivity index (χ1v) is 5.40. The van der Waals surface area contributed by atoms with Crippen LogP contribution >= 0.6 is 0 Å². The Morgan fingerprint density at radius 1 is 1.53 bits per heavy atom. The second-order valence-corrected chi connectivity index (χ2v) is 4.12. The number of carbonyl (C=O) groups is 2. The lowest BCUT2D eigenvalue weighted by atomic mass is 9.76. The van der Waals surface area contributed by atoms with Gasteiger partial charge in [-0.1, -0.05) is 0 Å². The first-order chi connectivity index (χ1) is 6.99. The van der Waals surface area contributed by atoms with E-state index in [1.54, 1.807) is 13.8 Å². The largest absolute Gasteiger partial charge is 0.466 e. The van der Waals surface area contributed by atoms with Crippen molar-refractivity contribution in [2.24, 2.45) is 5.92 Å². The summed E-state index contributed by atoms with van der Waals surface area (Å²) in [5, 5.41) is 10.2. The molecule has 1 unspecified atom stereocenters. The van der Waals surface area contributed by atoms with Gasteiger partial charge >= 0.3 is 5.97 Å². The lowest BCUT2D eigenvalue weighted by Crippen LogP contribution is -2.44. The van der Waals surface area contributed by atoms with Gasteiger partial charge in [-0.3, -0.25) is 9.59 Å². The lowest BCUT2D eigenvalue weighted by molar-refractivity contribution is -0.161. The van der Waals surface area contributed by atoms with E-state index in [1.807, 2.05) is 0 Å². The van der Waals surface area contributed by atoms with Gasteiger partial charge in [0.1, 0.15) is 5.78 Å². The molecule has 0 aromatic heterocycles. The standard InChI is InChI=1S/C11H18O4/c1-3-15-10(13)8(2)11(14)6-4-9(12)5-7-11/h8,14H,3-7H2,1-2H3. The molecule has 0 radical (unpaired) electrons. The van der Waals surface area contributed by atoms with Gasteiger partial charge in [-0.25, -0.2) is 0 Å². The van der Waals surface area contributed by atoms with Gasteiger partial charge in [0, 0.05) is 12.8 Å². The molecule has 1 aliphatic carbocycles. The van der Waals surface area contributed by atoms with Gasteiger partial charge in [0.2, 0.25) is 0 Å². The molecule has 15 heavy (non-hydrogen) atoms. The summed E-state index contributed by atoms with van der Waals surface area (Å²) in [6.07, 6.45) is 1.46. The third kappa shape index (κ3) is 2.78. The zero-order valence-corrected chi connectivity index (χ0v) is 9.28. The first kappa shape index (κ1) is 12.2. The third-order valence-corrected chi connectivity index (χ3v) is 3.12. The highest BCUT2D eigenvalue weighted by Crippen LogP contribution is 2.33. The summed E-state index contributed by atoms with van der Waals surface area (Å²) in [5.74, 6) is -0.768. The summed E-state index contributed by atoms with van der Waals surface area (Å²) in [6.45, 7) is 3.71. The molecule has 0 saturated heterocycles. The molecule has 0 aromatic carbocycles. The molecule has 0 heterocycles. The molecule has 1 saturated carbocycles. The molecular formula is C11H18O4. The lowest BCUT2D eigenvalue weighted by Gasteiger charge is -2.35. The molecule has 0 aromatic rings. The average Bonchev–Trinajstić information content (AvgIpc) is 2.22. The molecule has 0 bridgehead atoms. The van der Waals surface area contributed by atoms with Crippen LogP contribution in [0.1, 0.15) is 39.5 Å². The highest BCUT2D eigenvalue weighted by molar-refractivity contribution is 5.80. The molecule has 0 aliphatic heterocycles. The maximum atomic E-state index is 11.5. The highest BCUT2D eigenvalue weighted by atomic mass is 16.5. The topological polar surface area (TPSA) is 63.6 Å². The third-order valence-electron chi connectivity index (χ3n) is 3.12. The van der Waals surface area contributed by atoms with Crippen molar-refractivity contribution in [1.29, 1.82) is 0 Å². The monoisotopic (exact) mass is 214 g/mol. The summed E-state index contributed by atoms with van der Waals surface area (Å²) >= 11 is 0. The number of hydrogen-bond acceptors (Lipinski definition) is 4. The van der Waals surface area contributed by atoms with Gasteiger partial charge < -0.3 is 9.84 Å². The van der Waals surface area contributed by atoms with E-state index in [4.69, 9.17) is 4.74 Å². The summed E-state index contributed by atoms with van der Waals surface area (Å²) in [4.78, 5) is 22.5. The summed E-state index contributed by atoms with van der Waals surface area (Å²) in [7, 11) is 0. The van der Waals surface area contributed by atoms with Crippen LogP contribution in [-0.4, -0.2) is 29.1 Å². The molecule has 4 nitrogen and oxygen atoms in total. The zero-order chi connectivity index (χ0) is 11.5. The van der Waals surface area contributed by atoms with Crippen molar-refractivity contribution in [1.82, 2.24) is 0 Å². The van der Waals surface area contributed by atoms with Crippen molar-refractivity contribution in [3.8, 4) is 0 Å². The van der Waals surface area contributed by atoms with Crippen LogP contribution in [0, 0.1) is 5.92 Å². The van der Waals surface area contributed by atoms with Crippen LogP contribution in [-0.2, 0) is 14.3 Å². The Bertz CT molecular complexity index is 249. The fourth-order valence-corrected chi connectivity index (χ4v) is 1.88. The number of hydrogen-bond donors (Lipinski definition) is 1. The minimum absolute atomic E-state index is 0.163. The molecule has 1 N–H and O–H groups in total. The maximum Gasteiger partial charge on any atom is 0.311 e. The van der Waals surface area contributed by atoms with Crippen LogP contribution in [0.2, 0.25) is 0 Å². The SMILES string of the molecule is CCOC(=O)C(C)C1(O)CCC(=O)CC1. The van der Waals surface area contributed by atoms with Crippen molar-refractivity contribution >= 4 is 11.8 Å². The summed E-state index contributed by atoms with van der Waals surface area (Å²) in [6, 6.07) is 0. The Kier molecular flexibility index (Phi) is 3.85. The second kappa shape index (κ2) is 4.75. The summed E-state index contributed by atoms with van der Waals surface area (Å²) in [5.41, 5.74) is -1.06. The van der Waals surface area contributed by atoms with Crippen LogP contribution in [0.5, 0.6) is 0 Å². The molecule has 0 spiro atoms. The highest BCUT2D eigenvalue weighted by Gasteiger charge is 2.41. The molecule has 1 aliphatic rings. The van der Waals surface area contributed by atoms with Gasteiger partial charge in [0.15, 0.2) is 0 Å². The zero-order valence-electron chi connectivity index (χ0n) is 9.28. The molecule has 1 atom stereocenters. The van der Waals surface area contributed by atoms with Crippen molar-refractivity contribution in [2.45, 2.75) is 45.1 Å². The number of rotatable bonds is 3. The Morgan fingerprint density at radius 2 is 2.07 bits per heavy atom. The van der Waals surface area contributed by atoms with Crippen molar-refractivity contribution < 1.29 is 19.4 Å². The minimum Gasteiger partial charge on any atom is -0.466 e. The molecular weight excluding hydrogens is 196 g/mol. The van der Waals surface area contributed by atoms with Crippen LogP contribution in [0.4, 0.5) is 0 Å². The van der Waals surface area contributed by atoms with E-state index in [2.05, 4.69) is 0 Å². The maximum absolute atomic E-state index is 11.5. The van der Waals surface area contributed by atoms with Crippen molar-refractivity contribution in [3.05, 3.63) is 0 Å². The molecule has 1 fully saturated rings. The number of esters is 1. The normalized spacial score (nSPS) is 22.2.